The lowest BCUT2D eigenvalue weighted by Crippen LogP contribution is -2.46. The third-order valence-corrected chi connectivity index (χ3v) is 6.68. The number of carbonyl (C=O) groups excluding carboxylic acids is 1. The fraction of sp³-hybridized carbons (Fsp3) is 0.387. The molecule has 3 aromatic rings. The van der Waals surface area contributed by atoms with E-state index in [4.69, 9.17) is 23.7 Å². The van der Waals surface area contributed by atoms with Gasteiger partial charge in [-0.05, 0) is 28.6 Å². The van der Waals surface area contributed by atoms with Gasteiger partial charge in [-0.1, -0.05) is 96.1 Å². The fourth-order valence-corrected chi connectivity index (χ4v) is 4.51. The molecule has 0 aliphatic carbocycles. The third-order valence-electron chi connectivity index (χ3n) is 6.68. The number of azide groups is 1. The van der Waals surface area contributed by atoms with E-state index in [0.717, 1.165) is 16.7 Å². The van der Waals surface area contributed by atoms with E-state index >= 15 is 0 Å². The maximum absolute atomic E-state index is 11.7. The molecule has 40 heavy (non-hydrogen) atoms. The molecule has 9 heteroatoms. The summed E-state index contributed by atoms with van der Waals surface area (Å²) < 4.78 is 29.7. The van der Waals surface area contributed by atoms with Gasteiger partial charge in [0, 0.05) is 11.3 Å². The van der Waals surface area contributed by atoms with Gasteiger partial charge in [0.2, 0.25) is 0 Å². The first kappa shape index (κ1) is 29.3. The van der Waals surface area contributed by atoms with Crippen LogP contribution in [0.5, 0.6) is 0 Å². The molecule has 1 aliphatic heterocycles. The van der Waals surface area contributed by atoms with Crippen LogP contribution < -0.4 is 0 Å². The molecular weight excluding hydrogens is 510 g/mol. The molecule has 1 saturated heterocycles. The van der Waals surface area contributed by atoms with E-state index < -0.39 is 18.2 Å². The van der Waals surface area contributed by atoms with Crippen LogP contribution in [0.1, 0.15) is 29.5 Å². The van der Waals surface area contributed by atoms with Gasteiger partial charge < -0.3 is 23.7 Å². The highest BCUT2D eigenvalue weighted by Crippen LogP contribution is 2.35. The summed E-state index contributed by atoms with van der Waals surface area (Å²) in [6.45, 7) is 1.09. The van der Waals surface area contributed by atoms with Crippen LogP contribution in [0, 0.1) is 0 Å². The van der Waals surface area contributed by atoms with Crippen LogP contribution in [0.25, 0.3) is 10.4 Å². The van der Waals surface area contributed by atoms with Crippen molar-refractivity contribution in [1.82, 2.24) is 0 Å². The predicted molar refractivity (Wildman–Crippen MR) is 149 cm³/mol. The SMILES string of the molecule is COC(=O)CC[C@@H]1O[C@H]1[C@@H](OCc1ccccc1)[C@H](OCc1ccccc1)[C@@H](COCc1ccccc1)N=[N+]=[N-]. The Hall–Kier alpha value is -3.72. The first-order chi connectivity index (χ1) is 19.7. The van der Waals surface area contributed by atoms with Gasteiger partial charge in [0.1, 0.15) is 12.2 Å². The number of esters is 1. The Morgan fingerprint density at radius 3 is 1.98 bits per heavy atom. The molecule has 0 aromatic heterocycles. The standard InChI is InChI=1S/C31H35N3O6/c1-36-28(35)18-17-27-30(40-27)31(39-21-25-15-9-4-10-16-25)29(38-20-24-13-7-3-8-14-24)26(33-34-32)22-37-19-23-11-5-2-6-12-23/h2-16,26-27,29-31H,17-22H2,1H3/t26-,27+,29-,30-,31+/m1/s1. The van der Waals surface area contributed by atoms with Crippen molar-refractivity contribution in [2.24, 2.45) is 5.11 Å². The minimum absolute atomic E-state index is 0.128. The molecule has 210 valence electrons. The highest BCUT2D eigenvalue weighted by molar-refractivity contribution is 5.69. The molecular formula is C31H35N3O6. The van der Waals surface area contributed by atoms with Crippen molar-refractivity contribution in [2.75, 3.05) is 13.7 Å². The van der Waals surface area contributed by atoms with Crippen molar-refractivity contribution in [1.29, 1.82) is 0 Å². The van der Waals surface area contributed by atoms with Crippen LogP contribution in [0.15, 0.2) is 96.1 Å². The summed E-state index contributed by atoms with van der Waals surface area (Å²) in [4.78, 5) is 14.9. The highest BCUT2D eigenvalue weighted by Gasteiger charge is 2.50. The first-order valence-electron chi connectivity index (χ1n) is 13.4. The Labute approximate surface area is 234 Å². The number of carbonyl (C=O) groups is 1. The van der Waals surface area contributed by atoms with E-state index in [1.165, 1.54) is 7.11 Å². The molecule has 0 unspecified atom stereocenters. The van der Waals surface area contributed by atoms with Crippen LogP contribution in [-0.4, -0.2) is 50.1 Å². The molecule has 0 amide bonds. The Morgan fingerprint density at radius 1 is 0.875 bits per heavy atom. The highest BCUT2D eigenvalue weighted by atomic mass is 16.6. The van der Waals surface area contributed by atoms with Crippen LogP contribution in [0.3, 0.4) is 0 Å². The second-order valence-electron chi connectivity index (χ2n) is 9.55. The molecule has 0 spiro atoms. The molecule has 4 rings (SSSR count). The van der Waals surface area contributed by atoms with Crippen LogP contribution in [0.4, 0.5) is 0 Å². The zero-order valence-corrected chi connectivity index (χ0v) is 22.6. The van der Waals surface area contributed by atoms with Gasteiger partial charge in [-0.15, -0.1) is 0 Å². The molecule has 0 radical (unpaired) electrons. The summed E-state index contributed by atoms with van der Waals surface area (Å²) in [5.74, 6) is -0.297. The summed E-state index contributed by atoms with van der Waals surface area (Å²) in [7, 11) is 1.37. The molecule has 0 bridgehead atoms. The summed E-state index contributed by atoms with van der Waals surface area (Å²) in [6.07, 6.45) is -1.09. The molecule has 9 nitrogen and oxygen atoms in total. The second kappa shape index (κ2) is 15.8. The largest absolute Gasteiger partial charge is 0.469 e. The van der Waals surface area contributed by atoms with Gasteiger partial charge >= 0.3 is 5.97 Å². The number of hydrogen-bond acceptors (Lipinski definition) is 7. The minimum atomic E-state index is -0.691. The smallest absolute Gasteiger partial charge is 0.305 e. The van der Waals surface area contributed by atoms with E-state index in [-0.39, 0.29) is 37.8 Å². The number of nitrogens with zero attached hydrogens (tertiary/aromatic N) is 3. The van der Waals surface area contributed by atoms with Gasteiger partial charge in [0.25, 0.3) is 0 Å². The maximum Gasteiger partial charge on any atom is 0.305 e. The monoisotopic (exact) mass is 545 g/mol. The Balaban J connectivity index is 1.54. The zero-order valence-electron chi connectivity index (χ0n) is 22.6. The summed E-state index contributed by atoms with van der Waals surface area (Å²) >= 11 is 0. The maximum atomic E-state index is 11.7. The van der Waals surface area contributed by atoms with E-state index in [0.29, 0.717) is 19.6 Å². The zero-order chi connectivity index (χ0) is 28.0. The van der Waals surface area contributed by atoms with E-state index in [1.54, 1.807) is 0 Å². The van der Waals surface area contributed by atoms with Crippen molar-refractivity contribution < 1.29 is 28.5 Å². The van der Waals surface area contributed by atoms with Gasteiger partial charge in [0.05, 0.1) is 51.8 Å². The lowest BCUT2D eigenvalue weighted by Gasteiger charge is -2.31. The number of rotatable bonds is 17. The molecule has 1 aliphatic rings. The Morgan fingerprint density at radius 2 is 1.43 bits per heavy atom. The van der Waals surface area contributed by atoms with Crippen LogP contribution >= 0.6 is 0 Å². The number of benzene rings is 3. The van der Waals surface area contributed by atoms with Crippen molar-refractivity contribution in [3.63, 3.8) is 0 Å². The molecule has 3 aromatic carbocycles. The van der Waals surface area contributed by atoms with E-state index in [9.17, 15) is 10.3 Å². The second-order valence-corrected chi connectivity index (χ2v) is 9.55. The van der Waals surface area contributed by atoms with Crippen LogP contribution in [-0.2, 0) is 48.3 Å². The van der Waals surface area contributed by atoms with Crippen LogP contribution in [0.2, 0.25) is 0 Å². The summed E-state index contributed by atoms with van der Waals surface area (Å²) in [5.41, 5.74) is 12.4. The topological polar surface area (TPSA) is 115 Å². The fourth-order valence-electron chi connectivity index (χ4n) is 4.51. The first-order valence-corrected chi connectivity index (χ1v) is 13.4. The number of ether oxygens (including phenoxy) is 5. The summed E-state index contributed by atoms with van der Waals surface area (Å²) in [5, 5.41) is 4.09. The van der Waals surface area contributed by atoms with E-state index in [1.807, 2.05) is 91.0 Å². The number of hydrogen-bond donors (Lipinski definition) is 0. The van der Waals surface area contributed by atoms with Gasteiger partial charge in [0.15, 0.2) is 0 Å². The Bertz CT molecular complexity index is 1210. The average Bonchev–Trinajstić information content (AvgIpc) is 3.78. The molecule has 0 saturated carbocycles. The summed E-state index contributed by atoms with van der Waals surface area (Å²) in [6, 6.07) is 28.7. The predicted octanol–water partition coefficient (Wildman–Crippen LogP) is 5.77. The van der Waals surface area contributed by atoms with E-state index in [2.05, 4.69) is 10.0 Å². The number of epoxide rings is 1. The quantitative estimate of drug-likeness (QED) is 0.0699. The average molecular weight is 546 g/mol. The molecule has 5 atom stereocenters. The van der Waals surface area contributed by atoms with Crippen molar-refractivity contribution >= 4 is 5.97 Å². The minimum Gasteiger partial charge on any atom is -0.469 e. The normalized spacial score (nSPS) is 18.2. The van der Waals surface area contributed by atoms with Crippen molar-refractivity contribution in [3.8, 4) is 0 Å². The molecule has 1 heterocycles. The molecule has 1 fully saturated rings. The van der Waals surface area contributed by atoms with Crippen molar-refractivity contribution in [3.05, 3.63) is 118 Å². The van der Waals surface area contributed by atoms with Gasteiger partial charge in [-0.25, -0.2) is 0 Å². The molecule has 0 N–H and O–H groups in total. The Kier molecular flexibility index (Phi) is 11.5. The van der Waals surface area contributed by atoms with Gasteiger partial charge in [-0.3, -0.25) is 4.79 Å². The lowest BCUT2D eigenvalue weighted by atomic mass is 9.99. The third kappa shape index (κ3) is 9.19. The van der Waals surface area contributed by atoms with Gasteiger partial charge in [-0.2, -0.15) is 0 Å². The lowest BCUT2D eigenvalue weighted by molar-refractivity contribution is -0.140. The number of methoxy groups -OCH3 is 1. The van der Waals surface area contributed by atoms with Crippen molar-refractivity contribution in [2.45, 2.75) is 63.1 Å².